The average Bonchev–Trinajstić information content (AvgIpc) is 2.93. The zero-order chi connectivity index (χ0) is 24.3. The molecule has 1 heterocycles. The molecule has 1 amide bonds. The molecule has 0 aromatic heterocycles. The number of ether oxygens (including phenoxy) is 1. The Labute approximate surface area is 204 Å². The van der Waals surface area contributed by atoms with Gasteiger partial charge in [-0.3, -0.25) is 0 Å². The summed E-state index contributed by atoms with van der Waals surface area (Å²) < 4.78 is 5.67. The number of rotatable bonds is 4. The van der Waals surface area contributed by atoms with Crippen molar-refractivity contribution in [1.82, 2.24) is 4.90 Å². The smallest absolute Gasteiger partial charge is 0.410 e. The molecule has 0 fully saturated rings. The molecule has 3 aromatic carbocycles. The predicted molar refractivity (Wildman–Crippen MR) is 139 cm³/mol. The van der Waals surface area contributed by atoms with E-state index in [4.69, 9.17) is 4.74 Å². The Kier molecular flexibility index (Phi) is 6.70. The van der Waals surface area contributed by atoms with Gasteiger partial charge in [0.15, 0.2) is 0 Å². The number of carbonyl (C=O) groups excluding carboxylic acids is 1. The number of nitrogens with zero attached hydrogens (tertiary/aromatic N) is 1. The lowest BCUT2D eigenvalue weighted by molar-refractivity contribution is 0.0225. The van der Waals surface area contributed by atoms with Gasteiger partial charge in [-0.2, -0.15) is 0 Å². The van der Waals surface area contributed by atoms with Crippen LogP contribution in [0.5, 0.6) is 0 Å². The summed E-state index contributed by atoms with van der Waals surface area (Å²) >= 11 is 0. The lowest BCUT2D eigenvalue weighted by Gasteiger charge is -2.32. The largest absolute Gasteiger partial charge is 0.444 e. The minimum Gasteiger partial charge on any atom is -0.444 e. The van der Waals surface area contributed by atoms with E-state index in [1.54, 1.807) is 0 Å². The summed E-state index contributed by atoms with van der Waals surface area (Å²) in [4.78, 5) is 14.7. The fourth-order valence-corrected chi connectivity index (χ4v) is 4.75. The average molecular weight is 457 g/mol. The van der Waals surface area contributed by atoms with Gasteiger partial charge in [-0.05, 0) is 61.6 Å². The fraction of sp³-hybridized carbons (Fsp3) is 0.367. The van der Waals surface area contributed by atoms with Gasteiger partial charge in [0.05, 0.1) is 6.04 Å². The summed E-state index contributed by atoms with van der Waals surface area (Å²) in [6.45, 7) is 11.4. The lowest BCUT2D eigenvalue weighted by atomic mass is 9.81. The van der Waals surface area contributed by atoms with Crippen LogP contribution in [-0.2, 0) is 16.6 Å². The van der Waals surface area contributed by atoms with E-state index in [1.807, 2.05) is 37.8 Å². The number of amides is 1. The van der Waals surface area contributed by atoms with Crippen molar-refractivity contribution < 1.29 is 9.53 Å². The van der Waals surface area contributed by atoms with Crippen LogP contribution < -0.4 is 5.32 Å². The molecular formula is C30H36N2O2. The van der Waals surface area contributed by atoms with Crippen molar-refractivity contribution in [2.75, 3.05) is 18.4 Å². The molecule has 0 saturated carbocycles. The van der Waals surface area contributed by atoms with Crippen LogP contribution in [0.3, 0.4) is 0 Å². The molecule has 4 heteroatoms. The maximum atomic E-state index is 12.8. The van der Waals surface area contributed by atoms with Gasteiger partial charge in [0, 0.05) is 24.2 Å². The summed E-state index contributed by atoms with van der Waals surface area (Å²) in [5.41, 5.74) is 5.43. The standard InChI is InChI=1S/C30H36N2O2/c1-29(2,3)34-28(33)32-19-18-24-20-25(16-17-26(24)30(4,5)21-32)31-27(22-12-8-6-9-13-22)23-14-10-7-11-15-23/h6-17,20,27,31H,18-19,21H2,1-5H3. The molecule has 0 unspecified atom stereocenters. The second kappa shape index (κ2) is 9.54. The highest BCUT2D eigenvalue weighted by Gasteiger charge is 2.33. The Morgan fingerprint density at radius 2 is 1.53 bits per heavy atom. The van der Waals surface area contributed by atoms with E-state index in [-0.39, 0.29) is 17.6 Å². The number of benzene rings is 3. The molecule has 1 aliphatic rings. The molecule has 178 valence electrons. The van der Waals surface area contributed by atoms with Crippen LogP contribution in [0.25, 0.3) is 0 Å². The highest BCUT2D eigenvalue weighted by Crippen LogP contribution is 2.35. The van der Waals surface area contributed by atoms with Crippen LogP contribution in [0.4, 0.5) is 10.5 Å². The SMILES string of the molecule is CC(C)(C)OC(=O)N1CCc2cc(NC(c3ccccc3)c3ccccc3)ccc2C(C)(C)C1. The van der Waals surface area contributed by atoms with Crippen LogP contribution >= 0.6 is 0 Å². The second-order valence-electron chi connectivity index (χ2n) is 10.8. The molecule has 4 rings (SSSR count). The zero-order valence-electron chi connectivity index (χ0n) is 21.0. The van der Waals surface area contributed by atoms with Crippen molar-refractivity contribution in [3.05, 3.63) is 101 Å². The quantitative estimate of drug-likeness (QED) is 0.461. The number of hydrogen-bond acceptors (Lipinski definition) is 3. The van der Waals surface area contributed by atoms with E-state index in [2.05, 4.69) is 85.9 Å². The van der Waals surface area contributed by atoms with Crippen LogP contribution in [0.1, 0.15) is 62.9 Å². The van der Waals surface area contributed by atoms with E-state index in [0.717, 1.165) is 12.1 Å². The minimum absolute atomic E-state index is 0.0532. The first-order chi connectivity index (χ1) is 16.1. The first kappa shape index (κ1) is 23.9. The van der Waals surface area contributed by atoms with Gasteiger partial charge in [-0.1, -0.05) is 80.6 Å². The summed E-state index contributed by atoms with van der Waals surface area (Å²) in [6, 6.07) is 27.8. The van der Waals surface area contributed by atoms with Crippen molar-refractivity contribution >= 4 is 11.8 Å². The van der Waals surface area contributed by atoms with Crippen molar-refractivity contribution in [3.63, 3.8) is 0 Å². The second-order valence-corrected chi connectivity index (χ2v) is 10.8. The Morgan fingerprint density at radius 3 is 2.09 bits per heavy atom. The van der Waals surface area contributed by atoms with Crippen LogP contribution in [0.2, 0.25) is 0 Å². The molecule has 4 nitrogen and oxygen atoms in total. The van der Waals surface area contributed by atoms with E-state index in [1.165, 1.54) is 22.3 Å². The summed E-state index contributed by atoms with van der Waals surface area (Å²) in [5, 5.41) is 3.77. The lowest BCUT2D eigenvalue weighted by Crippen LogP contribution is -2.42. The zero-order valence-corrected chi connectivity index (χ0v) is 21.0. The highest BCUT2D eigenvalue weighted by molar-refractivity contribution is 5.69. The molecule has 0 atom stereocenters. The van der Waals surface area contributed by atoms with Crippen molar-refractivity contribution in [2.45, 2.75) is 58.1 Å². The third-order valence-electron chi connectivity index (χ3n) is 6.30. The molecule has 0 saturated heterocycles. The minimum atomic E-state index is -0.499. The Hall–Kier alpha value is -3.27. The van der Waals surface area contributed by atoms with Gasteiger partial charge < -0.3 is 15.0 Å². The van der Waals surface area contributed by atoms with E-state index in [9.17, 15) is 4.79 Å². The first-order valence-electron chi connectivity index (χ1n) is 12.1. The third-order valence-corrected chi connectivity index (χ3v) is 6.30. The normalized spacial score (nSPS) is 15.4. The van der Waals surface area contributed by atoms with E-state index in [0.29, 0.717) is 13.1 Å². The van der Waals surface area contributed by atoms with Gasteiger partial charge in [0.1, 0.15) is 5.60 Å². The van der Waals surface area contributed by atoms with Gasteiger partial charge in [0.2, 0.25) is 0 Å². The van der Waals surface area contributed by atoms with Crippen LogP contribution in [0.15, 0.2) is 78.9 Å². The number of fused-ring (bicyclic) bond motifs is 1. The molecule has 1 N–H and O–H groups in total. The van der Waals surface area contributed by atoms with E-state index >= 15 is 0 Å². The highest BCUT2D eigenvalue weighted by atomic mass is 16.6. The van der Waals surface area contributed by atoms with Gasteiger partial charge in [0.25, 0.3) is 0 Å². The molecule has 1 aliphatic heterocycles. The Balaban J connectivity index is 1.61. The van der Waals surface area contributed by atoms with Crippen molar-refractivity contribution in [2.24, 2.45) is 0 Å². The van der Waals surface area contributed by atoms with Crippen molar-refractivity contribution in [1.29, 1.82) is 0 Å². The molecule has 3 aromatic rings. The Bertz CT molecular complexity index is 1080. The molecule has 0 bridgehead atoms. The Morgan fingerprint density at radius 1 is 0.941 bits per heavy atom. The maximum Gasteiger partial charge on any atom is 0.410 e. The maximum absolute atomic E-state index is 12.8. The molecular weight excluding hydrogens is 420 g/mol. The molecule has 0 radical (unpaired) electrons. The topological polar surface area (TPSA) is 41.6 Å². The number of carbonyl (C=O) groups is 1. The molecule has 0 spiro atoms. The van der Waals surface area contributed by atoms with Crippen LogP contribution in [-0.4, -0.2) is 29.7 Å². The van der Waals surface area contributed by atoms with Crippen molar-refractivity contribution in [3.8, 4) is 0 Å². The summed E-state index contributed by atoms with van der Waals surface area (Å²) in [7, 11) is 0. The number of nitrogens with one attached hydrogen (secondary N) is 1. The third kappa shape index (κ3) is 5.61. The summed E-state index contributed by atoms with van der Waals surface area (Å²) in [6.07, 6.45) is 0.564. The van der Waals surface area contributed by atoms with Gasteiger partial charge in [-0.25, -0.2) is 4.79 Å². The molecule has 34 heavy (non-hydrogen) atoms. The van der Waals surface area contributed by atoms with Gasteiger partial charge >= 0.3 is 6.09 Å². The first-order valence-corrected chi connectivity index (χ1v) is 12.1. The van der Waals surface area contributed by atoms with Crippen LogP contribution in [0, 0.1) is 0 Å². The van der Waals surface area contributed by atoms with Gasteiger partial charge in [-0.15, -0.1) is 0 Å². The predicted octanol–water partition coefficient (Wildman–Crippen LogP) is 6.96. The summed E-state index contributed by atoms with van der Waals surface area (Å²) in [5.74, 6) is 0. The monoisotopic (exact) mass is 456 g/mol. The fourth-order valence-electron chi connectivity index (χ4n) is 4.75. The number of anilines is 1. The van der Waals surface area contributed by atoms with E-state index < -0.39 is 5.60 Å². The molecule has 0 aliphatic carbocycles. The number of hydrogen-bond donors (Lipinski definition) is 1.